The van der Waals surface area contributed by atoms with Crippen LogP contribution in [0, 0.1) is 5.82 Å². The summed E-state index contributed by atoms with van der Waals surface area (Å²) in [6.07, 6.45) is 10.1. The maximum Gasteiger partial charge on any atom is 0.156 e. The van der Waals surface area contributed by atoms with Gasteiger partial charge in [-0.15, -0.1) is 0 Å². The number of unbranched alkanes of at least 4 members (excludes halogenated alkanes) is 7. The van der Waals surface area contributed by atoms with E-state index >= 15 is 0 Å². The van der Waals surface area contributed by atoms with Gasteiger partial charge in [0, 0.05) is 6.07 Å². The summed E-state index contributed by atoms with van der Waals surface area (Å²) in [7, 11) is 0. The molecule has 0 aliphatic carbocycles. The monoisotopic (exact) mass is 345 g/mol. The zero-order valence-corrected chi connectivity index (χ0v) is 13.8. The van der Waals surface area contributed by atoms with Crippen LogP contribution in [0.5, 0.6) is 5.75 Å². The molecular formula is C16H25BrFNO. The van der Waals surface area contributed by atoms with Crippen molar-refractivity contribution in [3.63, 3.8) is 0 Å². The smallest absolute Gasteiger partial charge is 0.156 e. The standard InChI is InChI=1S/C16H25BrFNO/c1-2-3-4-5-6-7-8-9-10-20-16-14(17)11-13(18)12-15(16)19/h11-12H,2-10,19H2,1H3. The van der Waals surface area contributed by atoms with E-state index < -0.39 is 0 Å². The van der Waals surface area contributed by atoms with E-state index in [4.69, 9.17) is 10.5 Å². The number of hydrogen-bond acceptors (Lipinski definition) is 2. The molecule has 0 aromatic heterocycles. The molecule has 0 bridgehead atoms. The maximum atomic E-state index is 13.1. The first kappa shape index (κ1) is 17.3. The van der Waals surface area contributed by atoms with Crippen molar-refractivity contribution in [1.29, 1.82) is 0 Å². The van der Waals surface area contributed by atoms with E-state index in [1.54, 1.807) is 0 Å². The average Bonchev–Trinajstić information content (AvgIpc) is 2.39. The van der Waals surface area contributed by atoms with Gasteiger partial charge >= 0.3 is 0 Å². The quantitative estimate of drug-likeness (QED) is 0.436. The van der Waals surface area contributed by atoms with Gasteiger partial charge in [0.15, 0.2) is 5.75 Å². The Hall–Kier alpha value is -0.770. The molecule has 0 saturated heterocycles. The molecule has 0 unspecified atom stereocenters. The second kappa shape index (κ2) is 10.0. The van der Waals surface area contributed by atoms with Crippen molar-refractivity contribution >= 4 is 21.6 Å². The highest BCUT2D eigenvalue weighted by atomic mass is 79.9. The van der Waals surface area contributed by atoms with E-state index in [-0.39, 0.29) is 5.82 Å². The van der Waals surface area contributed by atoms with Crippen molar-refractivity contribution in [3.05, 3.63) is 22.4 Å². The van der Waals surface area contributed by atoms with E-state index in [0.29, 0.717) is 22.5 Å². The molecule has 0 radical (unpaired) electrons. The highest BCUT2D eigenvalue weighted by molar-refractivity contribution is 9.10. The van der Waals surface area contributed by atoms with Crippen LogP contribution in [0.25, 0.3) is 0 Å². The Balaban J connectivity index is 2.13. The van der Waals surface area contributed by atoms with Crippen LogP contribution in [0.2, 0.25) is 0 Å². The molecule has 0 saturated carbocycles. The number of hydrogen-bond donors (Lipinski definition) is 1. The molecule has 20 heavy (non-hydrogen) atoms. The highest BCUT2D eigenvalue weighted by Crippen LogP contribution is 2.32. The van der Waals surface area contributed by atoms with E-state index in [2.05, 4.69) is 22.9 Å². The molecule has 1 aromatic rings. The average molecular weight is 346 g/mol. The van der Waals surface area contributed by atoms with Crippen molar-refractivity contribution in [1.82, 2.24) is 0 Å². The number of anilines is 1. The topological polar surface area (TPSA) is 35.2 Å². The molecule has 1 rings (SSSR count). The van der Waals surface area contributed by atoms with Gasteiger partial charge in [-0.2, -0.15) is 0 Å². The van der Waals surface area contributed by atoms with Crippen LogP contribution >= 0.6 is 15.9 Å². The van der Waals surface area contributed by atoms with Crippen molar-refractivity contribution < 1.29 is 9.13 Å². The fourth-order valence-corrected chi connectivity index (χ4v) is 2.70. The highest BCUT2D eigenvalue weighted by Gasteiger charge is 2.08. The van der Waals surface area contributed by atoms with Crippen molar-refractivity contribution in [2.45, 2.75) is 58.3 Å². The molecule has 0 aliphatic heterocycles. The van der Waals surface area contributed by atoms with E-state index in [1.807, 2.05) is 0 Å². The number of nitrogen functional groups attached to an aromatic ring is 1. The molecule has 2 nitrogen and oxygen atoms in total. The fraction of sp³-hybridized carbons (Fsp3) is 0.625. The van der Waals surface area contributed by atoms with E-state index in [0.717, 1.165) is 6.42 Å². The van der Waals surface area contributed by atoms with E-state index in [9.17, 15) is 4.39 Å². The Bertz CT molecular complexity index is 375. The van der Waals surface area contributed by atoms with Gasteiger partial charge in [0.05, 0.1) is 16.8 Å². The molecule has 114 valence electrons. The third kappa shape index (κ3) is 6.60. The van der Waals surface area contributed by atoms with Gasteiger partial charge in [-0.25, -0.2) is 4.39 Å². The lowest BCUT2D eigenvalue weighted by Gasteiger charge is -2.11. The van der Waals surface area contributed by atoms with Gasteiger partial charge in [0.25, 0.3) is 0 Å². The summed E-state index contributed by atoms with van der Waals surface area (Å²) in [4.78, 5) is 0. The third-order valence-electron chi connectivity index (χ3n) is 3.28. The van der Waals surface area contributed by atoms with Crippen molar-refractivity contribution in [2.75, 3.05) is 12.3 Å². The predicted octanol–water partition coefficient (Wildman–Crippen LogP) is 5.69. The van der Waals surface area contributed by atoms with Crippen molar-refractivity contribution in [3.8, 4) is 5.75 Å². The third-order valence-corrected chi connectivity index (χ3v) is 3.87. The molecule has 0 fully saturated rings. The van der Waals surface area contributed by atoms with Crippen LogP contribution in [0.3, 0.4) is 0 Å². The first-order valence-electron chi connectivity index (χ1n) is 7.52. The molecule has 2 N–H and O–H groups in total. The van der Waals surface area contributed by atoms with Gasteiger partial charge in [0.2, 0.25) is 0 Å². The van der Waals surface area contributed by atoms with Crippen LogP contribution in [-0.2, 0) is 0 Å². The SMILES string of the molecule is CCCCCCCCCCOc1c(N)cc(F)cc1Br. The summed E-state index contributed by atoms with van der Waals surface area (Å²) >= 11 is 3.27. The van der Waals surface area contributed by atoms with Crippen LogP contribution in [0.15, 0.2) is 16.6 Å². The van der Waals surface area contributed by atoms with Gasteiger partial charge < -0.3 is 10.5 Å². The van der Waals surface area contributed by atoms with Gasteiger partial charge in [-0.1, -0.05) is 51.9 Å². The fourth-order valence-electron chi connectivity index (χ4n) is 2.14. The number of rotatable bonds is 10. The minimum absolute atomic E-state index is 0.344. The summed E-state index contributed by atoms with van der Waals surface area (Å²) in [5, 5.41) is 0. The largest absolute Gasteiger partial charge is 0.490 e. The Morgan fingerprint density at radius 1 is 1.05 bits per heavy atom. The zero-order chi connectivity index (χ0) is 14.8. The lowest BCUT2D eigenvalue weighted by atomic mass is 10.1. The Labute approximate surface area is 130 Å². The zero-order valence-electron chi connectivity index (χ0n) is 12.3. The van der Waals surface area contributed by atoms with Crippen LogP contribution in [-0.4, -0.2) is 6.61 Å². The summed E-state index contributed by atoms with van der Waals surface area (Å²) in [5.41, 5.74) is 6.08. The van der Waals surface area contributed by atoms with Crippen LogP contribution < -0.4 is 10.5 Å². The maximum absolute atomic E-state index is 13.1. The Morgan fingerprint density at radius 2 is 1.65 bits per heavy atom. The summed E-state index contributed by atoms with van der Waals surface area (Å²) < 4.78 is 19.3. The Kier molecular flexibility index (Phi) is 8.67. The molecule has 4 heteroatoms. The lowest BCUT2D eigenvalue weighted by Crippen LogP contribution is -2.01. The summed E-state index contributed by atoms with van der Waals surface area (Å²) in [6.45, 7) is 2.86. The molecule has 0 atom stereocenters. The Morgan fingerprint density at radius 3 is 2.25 bits per heavy atom. The molecule has 0 aliphatic rings. The summed E-state index contributed by atoms with van der Waals surface area (Å²) in [6, 6.07) is 2.66. The minimum atomic E-state index is -0.353. The van der Waals surface area contributed by atoms with Crippen LogP contribution in [0.1, 0.15) is 58.3 Å². The molecule has 1 aromatic carbocycles. The number of ether oxygens (including phenoxy) is 1. The minimum Gasteiger partial charge on any atom is -0.490 e. The van der Waals surface area contributed by atoms with Gasteiger partial charge in [-0.3, -0.25) is 0 Å². The molecule has 0 amide bonds. The summed E-state index contributed by atoms with van der Waals surface area (Å²) in [5.74, 6) is 0.197. The van der Waals surface area contributed by atoms with Gasteiger partial charge in [0.1, 0.15) is 5.82 Å². The lowest BCUT2D eigenvalue weighted by molar-refractivity contribution is 0.303. The van der Waals surface area contributed by atoms with Crippen LogP contribution in [0.4, 0.5) is 10.1 Å². The predicted molar refractivity (Wildman–Crippen MR) is 86.6 cm³/mol. The second-order valence-corrected chi connectivity index (χ2v) is 5.98. The van der Waals surface area contributed by atoms with E-state index in [1.165, 1.54) is 57.1 Å². The first-order chi connectivity index (χ1) is 9.65. The molecule has 0 heterocycles. The number of benzene rings is 1. The number of halogens is 2. The molecular weight excluding hydrogens is 321 g/mol. The van der Waals surface area contributed by atoms with Gasteiger partial charge in [-0.05, 0) is 28.4 Å². The molecule has 0 spiro atoms. The first-order valence-corrected chi connectivity index (χ1v) is 8.31. The second-order valence-electron chi connectivity index (χ2n) is 5.13. The normalized spacial score (nSPS) is 10.8. The van der Waals surface area contributed by atoms with Crippen molar-refractivity contribution in [2.24, 2.45) is 0 Å². The number of nitrogens with two attached hydrogens (primary N) is 1.